The molecule has 1 fully saturated rings. The highest BCUT2D eigenvalue weighted by atomic mass is 16.5. The van der Waals surface area contributed by atoms with Crippen LogP contribution in [0.25, 0.3) is 5.69 Å². The van der Waals surface area contributed by atoms with Crippen molar-refractivity contribution < 1.29 is 9.47 Å². The van der Waals surface area contributed by atoms with E-state index in [0.717, 1.165) is 49.3 Å². The lowest BCUT2D eigenvalue weighted by atomic mass is 9.95. The van der Waals surface area contributed by atoms with Gasteiger partial charge in [-0.15, -0.1) is 5.10 Å². The lowest BCUT2D eigenvalue weighted by Crippen LogP contribution is -2.35. The molecule has 2 aromatic carbocycles. The van der Waals surface area contributed by atoms with E-state index in [9.17, 15) is 0 Å². The van der Waals surface area contributed by atoms with Gasteiger partial charge in [0.2, 0.25) is 0 Å². The molecular weight excluding hydrogens is 378 g/mol. The molecule has 0 atom stereocenters. The molecule has 3 aromatic rings. The van der Waals surface area contributed by atoms with Crippen molar-refractivity contribution in [1.82, 2.24) is 20.2 Å². The monoisotopic (exact) mass is 407 g/mol. The number of para-hydroxylation sites is 1. The number of benzene rings is 2. The van der Waals surface area contributed by atoms with Crippen LogP contribution in [0.15, 0.2) is 36.4 Å². The van der Waals surface area contributed by atoms with E-state index in [-0.39, 0.29) is 5.54 Å². The third kappa shape index (κ3) is 3.49. The van der Waals surface area contributed by atoms with Crippen LogP contribution in [-0.2, 0) is 12.0 Å². The lowest BCUT2D eigenvalue weighted by molar-refractivity contribution is 0.355. The second-order valence-electron chi connectivity index (χ2n) is 7.83. The van der Waals surface area contributed by atoms with Crippen molar-refractivity contribution in [2.24, 2.45) is 0 Å². The molecule has 1 N–H and O–H groups in total. The Morgan fingerprint density at radius 2 is 1.83 bits per heavy atom. The van der Waals surface area contributed by atoms with Gasteiger partial charge in [-0.05, 0) is 59.9 Å². The molecule has 7 nitrogen and oxygen atoms in total. The van der Waals surface area contributed by atoms with Crippen molar-refractivity contribution in [2.45, 2.75) is 51.5 Å². The van der Waals surface area contributed by atoms with Crippen LogP contribution in [0.3, 0.4) is 0 Å². The first-order valence-corrected chi connectivity index (χ1v) is 10.5. The topological polar surface area (TPSA) is 74.1 Å². The van der Waals surface area contributed by atoms with Crippen molar-refractivity contribution in [1.29, 1.82) is 0 Å². The third-order valence-corrected chi connectivity index (χ3v) is 6.04. The Hall–Kier alpha value is -3.09. The first-order valence-electron chi connectivity index (χ1n) is 10.5. The van der Waals surface area contributed by atoms with Crippen molar-refractivity contribution in [2.75, 3.05) is 19.5 Å². The van der Waals surface area contributed by atoms with Gasteiger partial charge < -0.3 is 14.8 Å². The predicted molar refractivity (Wildman–Crippen MR) is 117 cm³/mol. The smallest absolute Gasteiger partial charge is 0.181 e. The number of rotatable bonds is 7. The molecule has 0 unspecified atom stereocenters. The Balaban J connectivity index is 1.78. The fraction of sp³-hybridized carbons (Fsp3) is 0.435. The van der Waals surface area contributed by atoms with Crippen LogP contribution in [0.5, 0.6) is 11.5 Å². The minimum atomic E-state index is -0.337. The average molecular weight is 408 g/mol. The molecule has 0 bridgehead atoms. The lowest BCUT2D eigenvalue weighted by Gasteiger charge is -2.31. The Morgan fingerprint density at radius 3 is 2.53 bits per heavy atom. The van der Waals surface area contributed by atoms with Crippen molar-refractivity contribution in [3.05, 3.63) is 53.3 Å². The molecule has 0 aliphatic heterocycles. The van der Waals surface area contributed by atoms with Crippen LogP contribution >= 0.6 is 0 Å². The largest absolute Gasteiger partial charge is 0.493 e. The maximum Gasteiger partial charge on any atom is 0.181 e. The fourth-order valence-electron chi connectivity index (χ4n) is 4.52. The van der Waals surface area contributed by atoms with E-state index in [2.05, 4.69) is 52.9 Å². The van der Waals surface area contributed by atoms with E-state index in [1.54, 1.807) is 14.2 Å². The van der Waals surface area contributed by atoms with Crippen LogP contribution < -0.4 is 14.8 Å². The van der Waals surface area contributed by atoms with Gasteiger partial charge in [0.15, 0.2) is 17.3 Å². The predicted octanol–water partition coefficient (Wildman–Crippen LogP) is 4.43. The molecule has 30 heavy (non-hydrogen) atoms. The SMILES string of the molecule is CCc1cccc(C)c1-n1nnnc1C1(Nc2ccc(OC)c(OC)c2)CCCC1. The maximum atomic E-state index is 5.49. The number of aromatic nitrogens is 4. The summed E-state index contributed by atoms with van der Waals surface area (Å²) >= 11 is 0. The molecule has 4 rings (SSSR count). The summed E-state index contributed by atoms with van der Waals surface area (Å²) in [7, 11) is 3.29. The molecule has 7 heteroatoms. The molecule has 0 radical (unpaired) electrons. The van der Waals surface area contributed by atoms with Gasteiger partial charge in [0, 0.05) is 11.8 Å². The zero-order valence-corrected chi connectivity index (χ0v) is 18.1. The maximum absolute atomic E-state index is 5.49. The number of ether oxygens (including phenoxy) is 2. The van der Waals surface area contributed by atoms with E-state index in [1.807, 2.05) is 22.9 Å². The average Bonchev–Trinajstić information content (AvgIpc) is 3.43. The summed E-state index contributed by atoms with van der Waals surface area (Å²) in [5.74, 6) is 2.27. The second kappa shape index (κ2) is 8.34. The van der Waals surface area contributed by atoms with Gasteiger partial charge in [0.05, 0.1) is 25.4 Å². The standard InChI is InChI=1S/C23H29N5O2/c1-5-17-10-8-9-16(2)21(17)28-22(25-26-27-28)23(13-6-7-14-23)24-18-11-12-19(29-3)20(15-18)30-4/h8-12,15,24H,5-7,13-14H2,1-4H3. The van der Waals surface area contributed by atoms with Gasteiger partial charge in [-0.3, -0.25) is 0 Å². The molecule has 0 amide bonds. The third-order valence-electron chi connectivity index (χ3n) is 6.04. The Kier molecular flexibility index (Phi) is 5.61. The molecule has 1 heterocycles. The van der Waals surface area contributed by atoms with E-state index in [1.165, 1.54) is 11.1 Å². The summed E-state index contributed by atoms with van der Waals surface area (Å²) in [6.07, 6.45) is 5.11. The number of anilines is 1. The van der Waals surface area contributed by atoms with Crippen LogP contribution in [0.1, 0.15) is 49.6 Å². The van der Waals surface area contributed by atoms with Crippen LogP contribution in [0.2, 0.25) is 0 Å². The molecule has 0 saturated heterocycles. The molecule has 1 aliphatic carbocycles. The van der Waals surface area contributed by atoms with Gasteiger partial charge >= 0.3 is 0 Å². The molecule has 1 aliphatic rings. The normalized spacial score (nSPS) is 15.2. The quantitative estimate of drug-likeness (QED) is 0.624. The fourth-order valence-corrected chi connectivity index (χ4v) is 4.52. The summed E-state index contributed by atoms with van der Waals surface area (Å²) in [6, 6.07) is 12.3. The highest BCUT2D eigenvalue weighted by Gasteiger charge is 2.41. The van der Waals surface area contributed by atoms with Crippen molar-refractivity contribution >= 4 is 5.69 Å². The Bertz CT molecular complexity index is 1020. The Labute approximate surface area is 177 Å². The molecule has 1 saturated carbocycles. The van der Waals surface area contributed by atoms with E-state index < -0.39 is 0 Å². The van der Waals surface area contributed by atoms with Gasteiger partial charge in [-0.1, -0.05) is 38.0 Å². The van der Waals surface area contributed by atoms with E-state index >= 15 is 0 Å². The molecule has 158 valence electrons. The molecule has 0 spiro atoms. The van der Waals surface area contributed by atoms with Gasteiger partial charge in [-0.2, -0.15) is 4.68 Å². The number of tetrazole rings is 1. The van der Waals surface area contributed by atoms with Gasteiger partial charge in [-0.25, -0.2) is 0 Å². The highest BCUT2D eigenvalue weighted by Crippen LogP contribution is 2.42. The zero-order valence-electron chi connectivity index (χ0n) is 18.1. The summed E-state index contributed by atoms with van der Waals surface area (Å²) in [5.41, 5.74) is 4.12. The number of methoxy groups -OCH3 is 2. The Morgan fingerprint density at radius 1 is 1.07 bits per heavy atom. The number of nitrogens with one attached hydrogen (secondary N) is 1. The minimum absolute atomic E-state index is 0.337. The van der Waals surface area contributed by atoms with Crippen molar-refractivity contribution in [3.8, 4) is 17.2 Å². The number of hydrogen-bond acceptors (Lipinski definition) is 6. The first kappa shape index (κ1) is 20.2. The summed E-state index contributed by atoms with van der Waals surface area (Å²) in [5, 5.41) is 16.8. The molecular formula is C23H29N5O2. The summed E-state index contributed by atoms with van der Waals surface area (Å²) in [4.78, 5) is 0. The first-order chi connectivity index (χ1) is 14.6. The van der Waals surface area contributed by atoms with Crippen LogP contribution in [0, 0.1) is 6.92 Å². The number of aryl methyl sites for hydroxylation is 2. The van der Waals surface area contributed by atoms with E-state index in [4.69, 9.17) is 9.47 Å². The summed E-state index contributed by atoms with van der Waals surface area (Å²) in [6.45, 7) is 4.28. The number of hydrogen-bond donors (Lipinski definition) is 1. The van der Waals surface area contributed by atoms with Gasteiger partial charge in [0.25, 0.3) is 0 Å². The summed E-state index contributed by atoms with van der Waals surface area (Å²) < 4.78 is 12.8. The molecule has 1 aromatic heterocycles. The van der Waals surface area contributed by atoms with Crippen LogP contribution in [-0.4, -0.2) is 34.4 Å². The zero-order chi connectivity index (χ0) is 21.1. The minimum Gasteiger partial charge on any atom is -0.493 e. The van der Waals surface area contributed by atoms with E-state index in [0.29, 0.717) is 11.5 Å². The van der Waals surface area contributed by atoms with Crippen LogP contribution in [0.4, 0.5) is 5.69 Å². The highest BCUT2D eigenvalue weighted by molar-refractivity contribution is 5.57. The van der Waals surface area contributed by atoms with Crippen molar-refractivity contribution in [3.63, 3.8) is 0 Å². The van der Waals surface area contributed by atoms with Gasteiger partial charge in [0.1, 0.15) is 0 Å². The second-order valence-corrected chi connectivity index (χ2v) is 7.83. The number of nitrogens with zero attached hydrogens (tertiary/aromatic N) is 4.